The van der Waals surface area contributed by atoms with Gasteiger partial charge in [-0.2, -0.15) is 0 Å². The topological polar surface area (TPSA) is 37.8 Å². The number of hydrogen-bond donors (Lipinski definition) is 1. The van der Waals surface area contributed by atoms with Crippen LogP contribution in [0.25, 0.3) is 10.2 Å². The average Bonchev–Trinajstić information content (AvgIpc) is 2.88. The fraction of sp³-hybridized carbons (Fsp3) is 0.143. The molecule has 2 aromatic heterocycles. The van der Waals surface area contributed by atoms with Crippen molar-refractivity contribution < 1.29 is 0 Å². The van der Waals surface area contributed by atoms with Crippen molar-refractivity contribution in [3.63, 3.8) is 0 Å². The molecule has 3 nitrogen and oxygen atoms in total. The highest BCUT2D eigenvalue weighted by atomic mass is 35.5. The van der Waals surface area contributed by atoms with Crippen molar-refractivity contribution in [3.05, 3.63) is 52.6 Å². The van der Waals surface area contributed by atoms with E-state index in [0.29, 0.717) is 0 Å². The quantitative estimate of drug-likeness (QED) is 0.770. The van der Waals surface area contributed by atoms with Gasteiger partial charge in [-0.1, -0.05) is 23.7 Å². The van der Waals surface area contributed by atoms with Crippen molar-refractivity contribution >= 4 is 39.0 Å². The molecule has 0 aliphatic carbocycles. The van der Waals surface area contributed by atoms with Crippen LogP contribution in [0.5, 0.6) is 0 Å². The third kappa shape index (κ3) is 2.55. The largest absolute Gasteiger partial charge is 0.362 e. The van der Waals surface area contributed by atoms with Gasteiger partial charge >= 0.3 is 0 Å². The number of rotatable bonds is 3. The van der Waals surface area contributed by atoms with E-state index in [1.165, 1.54) is 0 Å². The van der Waals surface area contributed by atoms with Crippen molar-refractivity contribution in [1.29, 1.82) is 0 Å². The van der Waals surface area contributed by atoms with Crippen molar-refractivity contribution in [3.8, 4) is 0 Å². The number of benzene rings is 1. The Bertz CT molecular complexity index is 710. The van der Waals surface area contributed by atoms with E-state index in [-0.39, 0.29) is 6.04 Å². The third-order valence-corrected chi connectivity index (χ3v) is 4.09. The van der Waals surface area contributed by atoms with Crippen molar-refractivity contribution in [2.45, 2.75) is 13.0 Å². The van der Waals surface area contributed by atoms with Gasteiger partial charge < -0.3 is 5.32 Å². The van der Waals surface area contributed by atoms with Crippen LogP contribution in [-0.4, -0.2) is 9.97 Å². The molecule has 1 aromatic carbocycles. The lowest BCUT2D eigenvalue weighted by Crippen LogP contribution is -2.08. The molecule has 3 rings (SSSR count). The Morgan fingerprint density at radius 2 is 2.16 bits per heavy atom. The SMILES string of the molecule is CC(Nc1ncnc2ccsc12)c1cccc(Cl)c1. The van der Waals surface area contributed by atoms with Gasteiger partial charge in [-0.25, -0.2) is 9.97 Å². The number of halogens is 1. The van der Waals surface area contributed by atoms with Gasteiger partial charge in [0, 0.05) is 5.02 Å². The standard InChI is InChI=1S/C14H12ClN3S/c1-9(10-3-2-4-11(15)7-10)18-14-13-12(5-6-19-13)16-8-17-14/h2-9H,1H3,(H,16,17,18). The van der Waals surface area contributed by atoms with Crippen LogP contribution in [0, 0.1) is 0 Å². The molecule has 0 spiro atoms. The summed E-state index contributed by atoms with van der Waals surface area (Å²) in [7, 11) is 0. The second-order valence-electron chi connectivity index (χ2n) is 4.28. The Morgan fingerprint density at radius 3 is 3.00 bits per heavy atom. The molecule has 3 aromatic rings. The van der Waals surface area contributed by atoms with E-state index in [2.05, 4.69) is 28.3 Å². The molecule has 0 bridgehead atoms. The highest BCUT2D eigenvalue weighted by Gasteiger charge is 2.10. The van der Waals surface area contributed by atoms with Crippen molar-refractivity contribution in [1.82, 2.24) is 9.97 Å². The zero-order valence-electron chi connectivity index (χ0n) is 10.3. The first-order chi connectivity index (χ1) is 9.24. The van der Waals surface area contributed by atoms with E-state index >= 15 is 0 Å². The fourth-order valence-corrected chi connectivity index (χ4v) is 2.95. The van der Waals surface area contributed by atoms with E-state index in [1.54, 1.807) is 17.7 Å². The minimum atomic E-state index is 0.138. The van der Waals surface area contributed by atoms with E-state index in [0.717, 1.165) is 26.6 Å². The predicted octanol–water partition coefficient (Wildman–Crippen LogP) is 4.52. The normalized spacial score (nSPS) is 12.5. The summed E-state index contributed by atoms with van der Waals surface area (Å²) in [6, 6.07) is 9.98. The molecule has 1 N–H and O–H groups in total. The Kier molecular flexibility index (Phi) is 3.36. The first-order valence-corrected chi connectivity index (χ1v) is 7.20. The number of fused-ring (bicyclic) bond motifs is 1. The van der Waals surface area contributed by atoms with Gasteiger partial charge in [0.15, 0.2) is 0 Å². The minimum absolute atomic E-state index is 0.138. The Hall–Kier alpha value is -1.65. The van der Waals surface area contributed by atoms with Crippen molar-refractivity contribution in [2.24, 2.45) is 0 Å². The maximum absolute atomic E-state index is 6.02. The summed E-state index contributed by atoms with van der Waals surface area (Å²) < 4.78 is 1.08. The van der Waals surface area contributed by atoms with E-state index in [1.807, 2.05) is 29.6 Å². The lowest BCUT2D eigenvalue weighted by atomic mass is 10.1. The number of anilines is 1. The van der Waals surface area contributed by atoms with Crippen LogP contribution >= 0.6 is 22.9 Å². The van der Waals surface area contributed by atoms with Crippen molar-refractivity contribution in [2.75, 3.05) is 5.32 Å². The fourth-order valence-electron chi connectivity index (χ4n) is 1.96. The second-order valence-corrected chi connectivity index (χ2v) is 5.63. The van der Waals surface area contributed by atoms with Crippen LogP contribution in [0.4, 0.5) is 5.82 Å². The number of hydrogen-bond acceptors (Lipinski definition) is 4. The zero-order valence-corrected chi connectivity index (χ0v) is 11.9. The van der Waals surface area contributed by atoms with E-state index in [9.17, 15) is 0 Å². The van der Waals surface area contributed by atoms with Crippen LogP contribution in [-0.2, 0) is 0 Å². The zero-order chi connectivity index (χ0) is 13.2. The summed E-state index contributed by atoms with van der Waals surface area (Å²) in [6.07, 6.45) is 1.59. The third-order valence-electron chi connectivity index (χ3n) is 2.95. The predicted molar refractivity (Wildman–Crippen MR) is 80.9 cm³/mol. The summed E-state index contributed by atoms with van der Waals surface area (Å²) in [6.45, 7) is 2.09. The van der Waals surface area contributed by atoms with Crippen LogP contribution in [0.3, 0.4) is 0 Å². The smallest absolute Gasteiger partial charge is 0.147 e. The molecular weight excluding hydrogens is 278 g/mol. The summed E-state index contributed by atoms with van der Waals surface area (Å²) in [5.41, 5.74) is 2.11. The number of nitrogens with one attached hydrogen (secondary N) is 1. The maximum atomic E-state index is 6.02. The molecule has 5 heteroatoms. The number of aromatic nitrogens is 2. The van der Waals surface area contributed by atoms with E-state index < -0.39 is 0 Å². The first kappa shape index (κ1) is 12.4. The average molecular weight is 290 g/mol. The summed E-state index contributed by atoms with van der Waals surface area (Å²) in [4.78, 5) is 8.56. The van der Waals surface area contributed by atoms with Crippen LogP contribution in [0.15, 0.2) is 42.0 Å². The van der Waals surface area contributed by atoms with Crippen LogP contribution in [0.2, 0.25) is 5.02 Å². The molecule has 1 unspecified atom stereocenters. The van der Waals surface area contributed by atoms with E-state index in [4.69, 9.17) is 11.6 Å². The molecule has 0 aliphatic rings. The van der Waals surface area contributed by atoms with Gasteiger partial charge in [0.25, 0.3) is 0 Å². The Morgan fingerprint density at radius 1 is 1.26 bits per heavy atom. The molecule has 0 aliphatic heterocycles. The molecule has 0 saturated carbocycles. The Labute approximate surface area is 120 Å². The maximum Gasteiger partial charge on any atom is 0.147 e. The van der Waals surface area contributed by atoms with Gasteiger partial charge in [-0.3, -0.25) is 0 Å². The van der Waals surface area contributed by atoms with Gasteiger partial charge in [0.05, 0.1) is 16.3 Å². The summed E-state index contributed by atoms with van der Waals surface area (Å²) >= 11 is 7.66. The first-order valence-electron chi connectivity index (χ1n) is 5.94. The number of thiophene rings is 1. The number of nitrogens with zero attached hydrogens (tertiary/aromatic N) is 2. The highest BCUT2D eigenvalue weighted by Crippen LogP contribution is 2.28. The molecule has 96 valence electrons. The Balaban J connectivity index is 1.90. The lowest BCUT2D eigenvalue weighted by Gasteiger charge is -2.15. The van der Waals surface area contributed by atoms with Crippen LogP contribution < -0.4 is 5.32 Å². The van der Waals surface area contributed by atoms with Gasteiger partial charge in [0.2, 0.25) is 0 Å². The molecule has 0 amide bonds. The molecule has 19 heavy (non-hydrogen) atoms. The molecule has 0 fully saturated rings. The monoisotopic (exact) mass is 289 g/mol. The summed E-state index contributed by atoms with van der Waals surface area (Å²) in [5.74, 6) is 0.868. The lowest BCUT2D eigenvalue weighted by molar-refractivity contribution is 0.876. The summed E-state index contributed by atoms with van der Waals surface area (Å²) in [5, 5.41) is 6.18. The molecule has 0 saturated heterocycles. The molecule has 2 heterocycles. The highest BCUT2D eigenvalue weighted by molar-refractivity contribution is 7.17. The second kappa shape index (κ2) is 5.15. The molecular formula is C14H12ClN3S. The molecule has 1 atom stereocenters. The van der Waals surface area contributed by atoms with Gasteiger partial charge in [-0.05, 0) is 36.1 Å². The van der Waals surface area contributed by atoms with Crippen LogP contribution in [0.1, 0.15) is 18.5 Å². The minimum Gasteiger partial charge on any atom is -0.362 e. The molecule has 0 radical (unpaired) electrons. The van der Waals surface area contributed by atoms with Gasteiger partial charge in [0.1, 0.15) is 12.1 Å². The van der Waals surface area contributed by atoms with Gasteiger partial charge in [-0.15, -0.1) is 11.3 Å².